The summed E-state index contributed by atoms with van der Waals surface area (Å²) in [6.45, 7) is 14.1. The zero-order chi connectivity index (χ0) is 19.1. The van der Waals surface area contributed by atoms with Crippen LogP contribution < -0.4 is 0 Å². The first kappa shape index (κ1) is 19.8. The molecule has 2 atom stereocenters. The minimum absolute atomic E-state index is 0.516. The predicted molar refractivity (Wildman–Crippen MR) is 107 cm³/mol. The monoisotopic (exact) mass is 378 g/mol. The minimum atomic E-state index is -3.40. The maximum atomic E-state index is 13.2. The van der Waals surface area contributed by atoms with Gasteiger partial charge < -0.3 is 0 Å². The van der Waals surface area contributed by atoms with Crippen molar-refractivity contribution in [2.24, 2.45) is 11.8 Å². The van der Waals surface area contributed by atoms with E-state index in [1.165, 1.54) is 6.42 Å². The number of hydrogen-bond acceptors (Lipinski definition) is 3. The lowest BCUT2D eigenvalue weighted by Gasteiger charge is -2.43. The highest BCUT2D eigenvalue weighted by molar-refractivity contribution is 7.89. The lowest BCUT2D eigenvalue weighted by Crippen LogP contribution is -2.50. The van der Waals surface area contributed by atoms with Crippen molar-refractivity contribution in [3.05, 3.63) is 28.8 Å². The number of likely N-dealkylation sites (tertiary alicyclic amines) is 1. The lowest BCUT2D eigenvalue weighted by atomic mass is 9.89. The number of sulfonamides is 1. The molecule has 2 saturated heterocycles. The zero-order valence-electron chi connectivity index (χ0n) is 17.0. The Labute approximate surface area is 159 Å². The highest BCUT2D eigenvalue weighted by atomic mass is 32.2. The highest BCUT2D eigenvalue weighted by Crippen LogP contribution is 2.30. The van der Waals surface area contributed by atoms with Crippen molar-refractivity contribution in [2.75, 3.05) is 26.2 Å². The summed E-state index contributed by atoms with van der Waals surface area (Å²) in [5, 5.41) is 0. The molecule has 0 N–H and O–H groups in total. The van der Waals surface area contributed by atoms with Gasteiger partial charge in [0.1, 0.15) is 0 Å². The second kappa shape index (κ2) is 7.61. The van der Waals surface area contributed by atoms with E-state index >= 15 is 0 Å². The van der Waals surface area contributed by atoms with Crippen LogP contribution in [0.2, 0.25) is 0 Å². The normalized spacial score (nSPS) is 27.0. The molecule has 2 aliphatic rings. The van der Waals surface area contributed by atoms with Gasteiger partial charge in [0, 0.05) is 32.2 Å². The van der Waals surface area contributed by atoms with E-state index in [-0.39, 0.29) is 0 Å². The molecule has 1 aromatic carbocycles. The molecule has 3 rings (SSSR count). The highest BCUT2D eigenvalue weighted by Gasteiger charge is 2.35. The molecule has 2 unspecified atom stereocenters. The average Bonchev–Trinajstić information content (AvgIpc) is 2.52. The third-order valence-corrected chi connectivity index (χ3v) is 8.24. The summed E-state index contributed by atoms with van der Waals surface area (Å²) in [4.78, 5) is 3.13. The number of rotatable bonds is 3. The van der Waals surface area contributed by atoms with Crippen LogP contribution in [-0.2, 0) is 10.0 Å². The van der Waals surface area contributed by atoms with Crippen molar-refractivity contribution < 1.29 is 8.42 Å². The molecular weight excluding hydrogens is 344 g/mol. The van der Waals surface area contributed by atoms with E-state index in [1.54, 1.807) is 4.31 Å². The second-order valence-electron chi connectivity index (χ2n) is 8.76. The Morgan fingerprint density at radius 3 is 1.92 bits per heavy atom. The van der Waals surface area contributed by atoms with Crippen LogP contribution >= 0.6 is 0 Å². The number of aryl methyl sites for hydroxylation is 3. The molecule has 146 valence electrons. The SMILES string of the molecule is Cc1cc(C)c(S(=O)(=O)N2CCC(N3CC(C)CC(C)C3)CC2)c(C)c1. The van der Waals surface area contributed by atoms with Gasteiger partial charge in [0.15, 0.2) is 0 Å². The average molecular weight is 379 g/mol. The standard InChI is InChI=1S/C21H34N2O2S/c1-15-11-18(4)21(19(5)12-15)26(24,25)23-8-6-20(7-9-23)22-13-16(2)10-17(3)14-22/h11-12,16-17,20H,6-10,13-14H2,1-5H3. The summed E-state index contributed by atoms with van der Waals surface area (Å²) < 4.78 is 28.2. The van der Waals surface area contributed by atoms with Crippen LogP contribution in [0.4, 0.5) is 0 Å². The smallest absolute Gasteiger partial charge is 0.243 e. The third-order valence-electron chi connectivity index (χ3n) is 6.04. The fraction of sp³-hybridized carbons (Fsp3) is 0.714. The summed E-state index contributed by atoms with van der Waals surface area (Å²) >= 11 is 0. The van der Waals surface area contributed by atoms with E-state index in [0.717, 1.165) is 54.5 Å². The lowest BCUT2D eigenvalue weighted by molar-refractivity contribution is 0.0689. The minimum Gasteiger partial charge on any atom is -0.300 e. The maximum Gasteiger partial charge on any atom is 0.243 e. The summed E-state index contributed by atoms with van der Waals surface area (Å²) in [7, 11) is -3.40. The second-order valence-corrected chi connectivity index (χ2v) is 10.6. The van der Waals surface area contributed by atoms with Crippen LogP contribution in [-0.4, -0.2) is 49.8 Å². The largest absolute Gasteiger partial charge is 0.300 e. The van der Waals surface area contributed by atoms with Gasteiger partial charge in [0.25, 0.3) is 0 Å². The van der Waals surface area contributed by atoms with Crippen LogP contribution in [0.5, 0.6) is 0 Å². The molecule has 2 aliphatic heterocycles. The molecule has 4 nitrogen and oxygen atoms in total. The molecule has 0 bridgehead atoms. The van der Waals surface area contributed by atoms with Gasteiger partial charge in [0.05, 0.1) is 4.90 Å². The van der Waals surface area contributed by atoms with Gasteiger partial charge in [-0.25, -0.2) is 8.42 Å². The van der Waals surface area contributed by atoms with Crippen LogP contribution in [0.3, 0.4) is 0 Å². The van der Waals surface area contributed by atoms with Crippen LogP contribution in [0, 0.1) is 32.6 Å². The Hall–Kier alpha value is -0.910. The molecule has 2 heterocycles. The fourth-order valence-corrected chi connectivity index (χ4v) is 7.04. The quantitative estimate of drug-likeness (QED) is 0.804. The topological polar surface area (TPSA) is 40.6 Å². The first-order valence-corrected chi connectivity index (χ1v) is 11.4. The molecule has 5 heteroatoms. The van der Waals surface area contributed by atoms with Gasteiger partial charge in [-0.15, -0.1) is 0 Å². The van der Waals surface area contributed by atoms with Crippen molar-refractivity contribution in [1.82, 2.24) is 9.21 Å². The van der Waals surface area contributed by atoms with Crippen LogP contribution in [0.1, 0.15) is 49.8 Å². The number of benzene rings is 1. The summed E-state index contributed by atoms with van der Waals surface area (Å²) in [5.74, 6) is 1.50. The summed E-state index contributed by atoms with van der Waals surface area (Å²) in [5.41, 5.74) is 2.85. The van der Waals surface area contributed by atoms with E-state index < -0.39 is 10.0 Å². The Bertz CT molecular complexity index is 718. The Kier molecular flexibility index (Phi) is 5.80. The number of piperidine rings is 2. The molecular formula is C21H34N2O2S. The molecule has 0 spiro atoms. The van der Waals surface area contributed by atoms with Gasteiger partial charge in [0.2, 0.25) is 10.0 Å². The van der Waals surface area contributed by atoms with E-state index in [9.17, 15) is 8.42 Å². The van der Waals surface area contributed by atoms with Crippen molar-refractivity contribution >= 4 is 10.0 Å². The van der Waals surface area contributed by atoms with Gasteiger partial charge in [-0.05, 0) is 63.0 Å². The van der Waals surface area contributed by atoms with E-state index in [2.05, 4.69) is 18.7 Å². The Balaban J connectivity index is 1.71. The van der Waals surface area contributed by atoms with Crippen molar-refractivity contribution in [1.29, 1.82) is 0 Å². The zero-order valence-corrected chi connectivity index (χ0v) is 17.8. The van der Waals surface area contributed by atoms with E-state index in [0.29, 0.717) is 24.0 Å². The van der Waals surface area contributed by atoms with Gasteiger partial charge in [-0.2, -0.15) is 4.31 Å². The molecule has 1 aromatic rings. The molecule has 0 radical (unpaired) electrons. The predicted octanol–water partition coefficient (Wildman–Crippen LogP) is 3.74. The van der Waals surface area contributed by atoms with E-state index in [4.69, 9.17) is 0 Å². The summed E-state index contributed by atoms with van der Waals surface area (Å²) in [6, 6.07) is 4.48. The fourth-order valence-electron chi connectivity index (χ4n) is 5.16. The van der Waals surface area contributed by atoms with Gasteiger partial charge in [-0.3, -0.25) is 4.90 Å². The van der Waals surface area contributed by atoms with E-state index in [1.807, 2.05) is 32.9 Å². The van der Waals surface area contributed by atoms with Crippen molar-refractivity contribution in [3.8, 4) is 0 Å². The van der Waals surface area contributed by atoms with Gasteiger partial charge in [-0.1, -0.05) is 31.5 Å². The van der Waals surface area contributed by atoms with Crippen molar-refractivity contribution in [3.63, 3.8) is 0 Å². The van der Waals surface area contributed by atoms with Crippen molar-refractivity contribution in [2.45, 2.75) is 64.8 Å². The number of hydrogen-bond donors (Lipinski definition) is 0. The molecule has 0 aromatic heterocycles. The third kappa shape index (κ3) is 4.00. The maximum absolute atomic E-state index is 13.2. The van der Waals surface area contributed by atoms with Crippen LogP contribution in [0.25, 0.3) is 0 Å². The van der Waals surface area contributed by atoms with Gasteiger partial charge >= 0.3 is 0 Å². The molecule has 0 saturated carbocycles. The molecule has 2 fully saturated rings. The summed E-state index contributed by atoms with van der Waals surface area (Å²) in [6.07, 6.45) is 3.21. The molecule has 26 heavy (non-hydrogen) atoms. The molecule has 0 amide bonds. The van der Waals surface area contributed by atoms with Crippen LogP contribution in [0.15, 0.2) is 17.0 Å². The molecule has 0 aliphatic carbocycles. The Morgan fingerprint density at radius 2 is 1.42 bits per heavy atom. The first-order chi connectivity index (χ1) is 12.2. The first-order valence-electron chi connectivity index (χ1n) is 10.0. The number of nitrogens with zero attached hydrogens (tertiary/aromatic N) is 2. The Morgan fingerprint density at radius 1 is 0.923 bits per heavy atom.